The number of hydrogen-bond donors (Lipinski definition) is 1. The normalized spacial score (nSPS) is 11.2. The van der Waals surface area contributed by atoms with Crippen molar-refractivity contribution in [1.82, 2.24) is 4.57 Å². The first-order valence-electron chi connectivity index (χ1n) is 9.00. The Kier molecular flexibility index (Phi) is 4.42. The van der Waals surface area contributed by atoms with Gasteiger partial charge in [0.2, 0.25) is 0 Å². The minimum absolute atomic E-state index is 0.000786. The molecule has 0 saturated carbocycles. The number of carbonyl (C=O) groups is 1. The van der Waals surface area contributed by atoms with Crippen molar-refractivity contribution in [1.29, 1.82) is 0 Å². The number of aliphatic hydroxyl groups is 1. The molecular weight excluding hydrogens is 338 g/mol. The average molecular weight is 359 g/mol. The minimum Gasteiger partial charge on any atom is -0.497 e. The van der Waals surface area contributed by atoms with E-state index in [9.17, 15) is 9.90 Å². The number of aryl methyl sites for hydroxylation is 1. The largest absolute Gasteiger partial charge is 0.497 e. The Morgan fingerprint density at radius 2 is 1.56 bits per heavy atom. The van der Waals surface area contributed by atoms with Gasteiger partial charge in [0, 0.05) is 39.5 Å². The lowest BCUT2D eigenvalue weighted by Gasteiger charge is -2.05. The number of nitrogens with zero attached hydrogens (tertiary/aromatic N) is 1. The minimum atomic E-state index is -0.0183. The van der Waals surface area contributed by atoms with Gasteiger partial charge in [0.25, 0.3) is 0 Å². The molecule has 0 aliphatic heterocycles. The lowest BCUT2D eigenvalue weighted by molar-refractivity contribution is 0.103. The Morgan fingerprint density at radius 3 is 2.19 bits per heavy atom. The molecule has 1 aromatic heterocycles. The molecule has 0 unspecified atom stereocenters. The van der Waals surface area contributed by atoms with Crippen molar-refractivity contribution >= 4 is 27.6 Å². The van der Waals surface area contributed by atoms with Crippen LogP contribution in [0.4, 0.5) is 0 Å². The number of fused-ring (bicyclic) bond motifs is 3. The van der Waals surface area contributed by atoms with Crippen LogP contribution in [0.15, 0.2) is 60.7 Å². The van der Waals surface area contributed by atoms with E-state index in [1.807, 2.05) is 36.4 Å². The van der Waals surface area contributed by atoms with Gasteiger partial charge in [0.05, 0.1) is 13.7 Å². The Balaban J connectivity index is 1.87. The number of ether oxygens (including phenoxy) is 1. The number of aliphatic hydroxyl groups excluding tert-OH is 1. The topological polar surface area (TPSA) is 51.5 Å². The second kappa shape index (κ2) is 6.89. The van der Waals surface area contributed by atoms with Gasteiger partial charge < -0.3 is 14.4 Å². The van der Waals surface area contributed by atoms with Crippen molar-refractivity contribution in [2.75, 3.05) is 7.11 Å². The summed E-state index contributed by atoms with van der Waals surface area (Å²) in [6.45, 7) is 2.94. The molecule has 4 heteroatoms. The van der Waals surface area contributed by atoms with Crippen LogP contribution in [-0.4, -0.2) is 22.6 Å². The van der Waals surface area contributed by atoms with Crippen LogP contribution in [0.3, 0.4) is 0 Å². The third kappa shape index (κ3) is 2.88. The zero-order valence-corrected chi connectivity index (χ0v) is 15.4. The fourth-order valence-electron chi connectivity index (χ4n) is 3.64. The van der Waals surface area contributed by atoms with Crippen molar-refractivity contribution in [3.8, 4) is 5.75 Å². The predicted octanol–water partition coefficient (Wildman–Crippen LogP) is 4.55. The SMILES string of the molecule is CCn1c2ccc(CO)cc2c2cc(C(=O)c3ccc(OC)cc3)ccc21. The summed E-state index contributed by atoms with van der Waals surface area (Å²) in [5.74, 6) is 0.708. The molecule has 3 aromatic carbocycles. The van der Waals surface area contributed by atoms with E-state index in [0.717, 1.165) is 39.7 Å². The van der Waals surface area contributed by atoms with E-state index in [2.05, 4.69) is 11.5 Å². The molecule has 0 fully saturated rings. The zero-order valence-electron chi connectivity index (χ0n) is 15.4. The van der Waals surface area contributed by atoms with Crippen LogP contribution in [0, 0.1) is 0 Å². The van der Waals surface area contributed by atoms with E-state index in [4.69, 9.17) is 4.74 Å². The van der Waals surface area contributed by atoms with Crippen LogP contribution in [-0.2, 0) is 13.2 Å². The molecule has 1 N–H and O–H groups in total. The van der Waals surface area contributed by atoms with Gasteiger partial charge in [-0.2, -0.15) is 0 Å². The highest BCUT2D eigenvalue weighted by atomic mass is 16.5. The van der Waals surface area contributed by atoms with Crippen molar-refractivity contribution in [2.24, 2.45) is 0 Å². The highest BCUT2D eigenvalue weighted by Crippen LogP contribution is 2.31. The van der Waals surface area contributed by atoms with Gasteiger partial charge in [-0.15, -0.1) is 0 Å². The monoisotopic (exact) mass is 359 g/mol. The molecule has 0 aliphatic carbocycles. The van der Waals surface area contributed by atoms with Gasteiger partial charge in [0.15, 0.2) is 5.78 Å². The lowest BCUT2D eigenvalue weighted by atomic mass is 10.0. The highest BCUT2D eigenvalue weighted by Gasteiger charge is 2.15. The molecule has 27 heavy (non-hydrogen) atoms. The number of methoxy groups -OCH3 is 1. The van der Waals surface area contributed by atoms with Gasteiger partial charge >= 0.3 is 0 Å². The van der Waals surface area contributed by atoms with Gasteiger partial charge in [-0.25, -0.2) is 0 Å². The Morgan fingerprint density at radius 1 is 0.926 bits per heavy atom. The molecule has 1 heterocycles. The third-order valence-corrected chi connectivity index (χ3v) is 5.04. The summed E-state index contributed by atoms with van der Waals surface area (Å²) >= 11 is 0. The molecular formula is C23H21NO3. The molecule has 0 atom stereocenters. The lowest BCUT2D eigenvalue weighted by Crippen LogP contribution is -2.01. The van der Waals surface area contributed by atoms with Gasteiger partial charge in [-0.05, 0) is 67.1 Å². The first-order valence-corrected chi connectivity index (χ1v) is 9.00. The molecule has 4 rings (SSSR count). The number of ketones is 1. The summed E-state index contributed by atoms with van der Waals surface area (Å²) in [5.41, 5.74) is 4.35. The number of benzene rings is 3. The van der Waals surface area contributed by atoms with Crippen molar-refractivity contribution in [3.05, 3.63) is 77.4 Å². The summed E-state index contributed by atoms with van der Waals surface area (Å²) < 4.78 is 7.39. The first kappa shape index (κ1) is 17.3. The third-order valence-electron chi connectivity index (χ3n) is 5.04. The van der Waals surface area contributed by atoms with Crippen LogP contribution in [0.2, 0.25) is 0 Å². The summed E-state index contributed by atoms with van der Waals surface area (Å²) in [6, 6.07) is 19.0. The molecule has 4 nitrogen and oxygen atoms in total. The smallest absolute Gasteiger partial charge is 0.193 e. The van der Waals surface area contributed by atoms with Crippen molar-refractivity contribution < 1.29 is 14.6 Å². The van der Waals surface area contributed by atoms with Crippen LogP contribution >= 0.6 is 0 Å². The van der Waals surface area contributed by atoms with E-state index in [0.29, 0.717) is 11.1 Å². The number of hydrogen-bond acceptors (Lipinski definition) is 3. The van der Waals surface area contributed by atoms with E-state index in [1.54, 1.807) is 31.4 Å². The van der Waals surface area contributed by atoms with E-state index in [1.165, 1.54) is 0 Å². The van der Waals surface area contributed by atoms with Gasteiger partial charge in [0.1, 0.15) is 5.75 Å². The first-order chi connectivity index (χ1) is 13.2. The second-order valence-electron chi connectivity index (χ2n) is 6.54. The molecule has 0 amide bonds. The maximum atomic E-state index is 12.9. The Labute approximate surface area is 157 Å². The molecule has 0 radical (unpaired) electrons. The van der Waals surface area contributed by atoms with Crippen LogP contribution in [0.25, 0.3) is 21.8 Å². The fourth-order valence-corrected chi connectivity index (χ4v) is 3.64. The summed E-state index contributed by atoms with van der Waals surface area (Å²) in [7, 11) is 1.61. The maximum absolute atomic E-state index is 12.9. The molecule has 0 bridgehead atoms. The van der Waals surface area contributed by atoms with Gasteiger partial charge in [-0.3, -0.25) is 4.79 Å². The molecule has 0 aliphatic rings. The molecule has 0 spiro atoms. The summed E-state index contributed by atoms with van der Waals surface area (Å²) in [4.78, 5) is 12.9. The van der Waals surface area contributed by atoms with Crippen LogP contribution in [0.1, 0.15) is 28.4 Å². The predicted molar refractivity (Wildman–Crippen MR) is 107 cm³/mol. The molecule has 4 aromatic rings. The van der Waals surface area contributed by atoms with Crippen LogP contribution in [0.5, 0.6) is 5.75 Å². The number of aromatic nitrogens is 1. The summed E-state index contributed by atoms with van der Waals surface area (Å²) in [6.07, 6.45) is 0. The highest BCUT2D eigenvalue weighted by molar-refractivity contribution is 6.14. The summed E-state index contributed by atoms with van der Waals surface area (Å²) in [5, 5.41) is 11.6. The van der Waals surface area contributed by atoms with E-state index < -0.39 is 0 Å². The maximum Gasteiger partial charge on any atom is 0.193 e. The number of rotatable bonds is 5. The quantitative estimate of drug-likeness (QED) is 0.532. The number of carbonyl (C=O) groups excluding carboxylic acids is 1. The standard InChI is InChI=1S/C23H21NO3/c1-3-24-21-10-4-15(14-25)12-19(21)20-13-17(7-11-22(20)24)23(26)16-5-8-18(27-2)9-6-16/h4-13,25H,3,14H2,1-2H3. The average Bonchev–Trinajstić information content (AvgIpc) is 3.05. The zero-order chi connectivity index (χ0) is 19.0. The Hall–Kier alpha value is -3.11. The van der Waals surface area contributed by atoms with Crippen molar-refractivity contribution in [3.63, 3.8) is 0 Å². The van der Waals surface area contributed by atoms with Crippen molar-refractivity contribution in [2.45, 2.75) is 20.1 Å². The fraction of sp³-hybridized carbons (Fsp3) is 0.174. The van der Waals surface area contributed by atoms with Gasteiger partial charge in [-0.1, -0.05) is 6.07 Å². The second-order valence-corrected chi connectivity index (χ2v) is 6.54. The molecule has 0 saturated heterocycles. The van der Waals surface area contributed by atoms with Crippen LogP contribution < -0.4 is 4.74 Å². The van der Waals surface area contributed by atoms with E-state index in [-0.39, 0.29) is 12.4 Å². The molecule has 136 valence electrons. The Bertz CT molecular complexity index is 1140. The van der Waals surface area contributed by atoms with E-state index >= 15 is 0 Å².